The third kappa shape index (κ3) is 6.93. The summed E-state index contributed by atoms with van der Waals surface area (Å²) < 4.78 is 10.3. The number of aromatic nitrogens is 1. The van der Waals surface area contributed by atoms with Crippen molar-refractivity contribution in [3.05, 3.63) is 36.0 Å². The Bertz CT molecular complexity index is 843. The quantitative estimate of drug-likeness (QED) is 0.599. The molecule has 2 amide bonds. The molecule has 1 aromatic carbocycles. The highest BCUT2D eigenvalue weighted by Crippen LogP contribution is 2.19. The van der Waals surface area contributed by atoms with Gasteiger partial charge in [-0.3, -0.25) is 4.79 Å². The molecular formula is C19H24N4O4. The molecule has 0 aliphatic heterocycles. The van der Waals surface area contributed by atoms with Gasteiger partial charge >= 0.3 is 6.09 Å². The molecule has 0 aliphatic rings. The van der Waals surface area contributed by atoms with E-state index in [1.54, 1.807) is 33.9 Å². The number of alkyl carbamates (subject to hydrolysis) is 1. The highest BCUT2D eigenvalue weighted by atomic mass is 16.6. The van der Waals surface area contributed by atoms with Gasteiger partial charge in [-0.1, -0.05) is 6.07 Å². The predicted molar refractivity (Wildman–Crippen MR) is 103 cm³/mol. The molecule has 0 saturated heterocycles. The summed E-state index contributed by atoms with van der Waals surface area (Å²) in [7, 11) is 1.61. The smallest absolute Gasteiger partial charge is 0.407 e. The van der Waals surface area contributed by atoms with Gasteiger partial charge in [0.2, 0.25) is 5.91 Å². The van der Waals surface area contributed by atoms with Crippen LogP contribution in [0.25, 0.3) is 10.9 Å². The number of carbonyl (C=O) groups is 2. The largest absolute Gasteiger partial charge is 0.497 e. The van der Waals surface area contributed by atoms with E-state index in [1.807, 2.05) is 24.3 Å². The number of hydrogen-bond donors (Lipinski definition) is 2. The minimum atomic E-state index is -0.575. The molecule has 0 fully saturated rings. The number of benzene rings is 1. The second-order valence-electron chi connectivity index (χ2n) is 6.77. The summed E-state index contributed by atoms with van der Waals surface area (Å²) in [5.41, 5.74) is 3.23. The second-order valence-corrected chi connectivity index (χ2v) is 6.77. The van der Waals surface area contributed by atoms with Crippen LogP contribution in [0.2, 0.25) is 0 Å². The highest BCUT2D eigenvalue weighted by Gasteiger charge is 2.15. The van der Waals surface area contributed by atoms with Crippen molar-refractivity contribution in [1.82, 2.24) is 15.7 Å². The molecule has 0 atom stereocenters. The molecule has 2 aromatic rings. The van der Waals surface area contributed by atoms with E-state index in [4.69, 9.17) is 9.47 Å². The molecule has 0 unspecified atom stereocenters. The molecule has 0 bridgehead atoms. The van der Waals surface area contributed by atoms with Gasteiger partial charge in [0, 0.05) is 18.4 Å². The number of hydrazone groups is 1. The fraction of sp³-hybridized carbons (Fsp3) is 0.368. The summed E-state index contributed by atoms with van der Waals surface area (Å²) in [6.07, 6.45) is 0.987. The van der Waals surface area contributed by atoms with E-state index in [9.17, 15) is 9.59 Å². The normalized spacial score (nSPS) is 11.4. The van der Waals surface area contributed by atoms with Gasteiger partial charge < -0.3 is 14.8 Å². The van der Waals surface area contributed by atoms with Crippen molar-refractivity contribution in [3.63, 3.8) is 0 Å². The predicted octanol–water partition coefficient (Wildman–Crippen LogP) is 2.61. The average molecular weight is 372 g/mol. The fourth-order valence-electron chi connectivity index (χ4n) is 2.14. The lowest BCUT2D eigenvalue weighted by Crippen LogP contribution is -2.34. The molecule has 2 N–H and O–H groups in total. The van der Waals surface area contributed by atoms with E-state index < -0.39 is 11.7 Å². The molecule has 2 rings (SSSR count). The molecule has 0 radical (unpaired) electrons. The van der Waals surface area contributed by atoms with Crippen molar-refractivity contribution in [2.24, 2.45) is 5.10 Å². The summed E-state index contributed by atoms with van der Waals surface area (Å²) >= 11 is 0. The van der Waals surface area contributed by atoms with Crippen LogP contribution in [0.5, 0.6) is 5.75 Å². The maximum atomic E-state index is 11.7. The first-order valence-corrected chi connectivity index (χ1v) is 8.50. The third-order valence-corrected chi connectivity index (χ3v) is 3.32. The molecule has 0 saturated carbocycles. The number of nitrogens with zero attached hydrogens (tertiary/aromatic N) is 2. The van der Waals surface area contributed by atoms with E-state index in [1.165, 1.54) is 6.21 Å². The van der Waals surface area contributed by atoms with Crippen molar-refractivity contribution in [2.45, 2.75) is 32.8 Å². The molecule has 0 spiro atoms. The molecule has 1 aromatic heterocycles. The number of nitrogens with one attached hydrogen (secondary N) is 2. The maximum Gasteiger partial charge on any atom is 0.407 e. The minimum Gasteiger partial charge on any atom is -0.497 e. The van der Waals surface area contributed by atoms with Crippen LogP contribution < -0.4 is 15.5 Å². The fourth-order valence-corrected chi connectivity index (χ4v) is 2.14. The summed E-state index contributed by atoms with van der Waals surface area (Å²) in [6.45, 7) is 5.47. The number of pyridine rings is 1. The summed E-state index contributed by atoms with van der Waals surface area (Å²) in [5.74, 6) is 0.436. The Balaban J connectivity index is 1.80. The van der Waals surface area contributed by atoms with Gasteiger partial charge in [0.15, 0.2) is 0 Å². The maximum absolute atomic E-state index is 11.7. The third-order valence-electron chi connectivity index (χ3n) is 3.32. The van der Waals surface area contributed by atoms with Gasteiger partial charge in [-0.05, 0) is 45.0 Å². The first-order chi connectivity index (χ1) is 12.8. The summed E-state index contributed by atoms with van der Waals surface area (Å²) in [4.78, 5) is 27.6. The number of amides is 2. The van der Waals surface area contributed by atoms with Crippen LogP contribution in [0.3, 0.4) is 0 Å². The average Bonchev–Trinajstić information content (AvgIpc) is 2.59. The molecule has 8 nitrogen and oxygen atoms in total. The summed E-state index contributed by atoms with van der Waals surface area (Å²) in [6, 6.07) is 9.27. The number of carbonyl (C=O) groups excluding carboxylic acids is 2. The Morgan fingerprint density at radius 3 is 2.70 bits per heavy atom. The molecule has 144 valence electrons. The molecule has 1 heterocycles. The van der Waals surface area contributed by atoms with Crippen molar-refractivity contribution in [2.75, 3.05) is 13.7 Å². The van der Waals surface area contributed by atoms with E-state index >= 15 is 0 Å². The van der Waals surface area contributed by atoms with Crippen molar-refractivity contribution < 1.29 is 19.1 Å². The van der Waals surface area contributed by atoms with E-state index in [-0.39, 0.29) is 18.9 Å². The van der Waals surface area contributed by atoms with Crippen LogP contribution in [0, 0.1) is 0 Å². The zero-order chi connectivity index (χ0) is 19.9. The van der Waals surface area contributed by atoms with Crippen LogP contribution in [-0.4, -0.2) is 42.5 Å². The summed E-state index contributed by atoms with van der Waals surface area (Å²) in [5, 5.41) is 7.34. The number of methoxy groups -OCH3 is 1. The Kier molecular flexibility index (Phi) is 6.70. The van der Waals surface area contributed by atoms with E-state index in [2.05, 4.69) is 20.8 Å². The lowest BCUT2D eigenvalue weighted by atomic mass is 10.2. The Hall–Kier alpha value is -3.16. The van der Waals surface area contributed by atoms with Crippen LogP contribution in [0.15, 0.2) is 35.4 Å². The molecule has 8 heteroatoms. The Morgan fingerprint density at radius 1 is 1.22 bits per heavy atom. The number of rotatable bonds is 6. The zero-order valence-electron chi connectivity index (χ0n) is 15.9. The second kappa shape index (κ2) is 8.98. The lowest BCUT2D eigenvalue weighted by Gasteiger charge is -2.19. The zero-order valence-corrected chi connectivity index (χ0v) is 15.9. The molecule has 0 aliphatic carbocycles. The van der Waals surface area contributed by atoms with Gasteiger partial charge in [-0.25, -0.2) is 15.2 Å². The molecule has 27 heavy (non-hydrogen) atoms. The van der Waals surface area contributed by atoms with Crippen LogP contribution in [0.4, 0.5) is 4.79 Å². The highest BCUT2D eigenvalue weighted by molar-refractivity contribution is 5.86. The van der Waals surface area contributed by atoms with Gasteiger partial charge in [0.1, 0.15) is 11.4 Å². The number of hydrogen-bond acceptors (Lipinski definition) is 6. The number of fused-ring (bicyclic) bond motifs is 1. The van der Waals surface area contributed by atoms with Crippen LogP contribution in [-0.2, 0) is 9.53 Å². The Morgan fingerprint density at radius 2 is 2.00 bits per heavy atom. The van der Waals surface area contributed by atoms with Gasteiger partial charge in [-0.15, -0.1) is 0 Å². The van der Waals surface area contributed by atoms with E-state index in [0.717, 1.165) is 16.7 Å². The van der Waals surface area contributed by atoms with Gasteiger partial charge in [0.25, 0.3) is 0 Å². The van der Waals surface area contributed by atoms with Crippen molar-refractivity contribution in [1.29, 1.82) is 0 Å². The van der Waals surface area contributed by atoms with Crippen molar-refractivity contribution in [3.8, 4) is 5.75 Å². The topological polar surface area (TPSA) is 102 Å². The van der Waals surface area contributed by atoms with Crippen LogP contribution >= 0.6 is 0 Å². The first kappa shape index (κ1) is 20.2. The monoisotopic (exact) mass is 372 g/mol. The SMILES string of the molecule is COc1ccc2nc(/C=N\NC(=O)CCNC(=O)OC(C)(C)C)ccc2c1. The van der Waals surface area contributed by atoms with Gasteiger partial charge in [-0.2, -0.15) is 5.10 Å². The van der Waals surface area contributed by atoms with E-state index in [0.29, 0.717) is 5.69 Å². The van der Waals surface area contributed by atoms with Crippen LogP contribution in [0.1, 0.15) is 32.9 Å². The molecular weight excluding hydrogens is 348 g/mol. The van der Waals surface area contributed by atoms with Gasteiger partial charge in [0.05, 0.1) is 24.5 Å². The number of ether oxygens (including phenoxy) is 2. The van der Waals surface area contributed by atoms with Crippen molar-refractivity contribution >= 4 is 29.1 Å². The lowest BCUT2D eigenvalue weighted by molar-refractivity contribution is -0.120. The first-order valence-electron chi connectivity index (χ1n) is 8.50. The minimum absolute atomic E-state index is 0.0848. The Labute approximate surface area is 157 Å². The standard InChI is InChI=1S/C19H24N4O4/c1-19(2,3)27-18(25)20-10-9-17(24)23-21-12-14-6-5-13-11-15(26-4)7-8-16(13)22-14/h5-8,11-12H,9-10H2,1-4H3,(H,20,25)(H,23,24)/b21-12-.